The van der Waals surface area contributed by atoms with Gasteiger partial charge < -0.3 is 9.84 Å². The molecule has 3 aromatic carbocycles. The lowest BCUT2D eigenvalue weighted by Crippen LogP contribution is -2.10. The summed E-state index contributed by atoms with van der Waals surface area (Å²) in [4.78, 5) is 47.7. The van der Waals surface area contributed by atoms with Crippen molar-refractivity contribution < 1.29 is 29.0 Å². The minimum Gasteiger partial charge on any atom is -0.478 e. The number of Topliss-reactive ketones (excluding diaryl/α,β-unsaturated/α-hetero) is 2. The van der Waals surface area contributed by atoms with Crippen molar-refractivity contribution in [2.24, 2.45) is 0 Å². The van der Waals surface area contributed by atoms with Crippen LogP contribution < -0.4 is 0 Å². The van der Waals surface area contributed by atoms with E-state index in [1.165, 1.54) is 19.2 Å². The van der Waals surface area contributed by atoms with Crippen LogP contribution in [0.3, 0.4) is 0 Å². The lowest BCUT2D eigenvalue weighted by Gasteiger charge is -2.09. The number of ketones is 2. The van der Waals surface area contributed by atoms with Gasteiger partial charge in [-0.25, -0.2) is 9.59 Å². The fourth-order valence-corrected chi connectivity index (χ4v) is 3.69. The topological polar surface area (TPSA) is 97.7 Å². The second-order valence-corrected chi connectivity index (χ2v) is 8.24. The average molecular weight is 459 g/mol. The molecule has 0 heterocycles. The Balaban J connectivity index is 1.60. The van der Waals surface area contributed by atoms with Crippen LogP contribution in [0.4, 0.5) is 0 Å². The molecule has 34 heavy (non-hydrogen) atoms. The summed E-state index contributed by atoms with van der Waals surface area (Å²) in [5, 5.41) is 8.98. The van der Waals surface area contributed by atoms with Crippen molar-refractivity contribution in [1.82, 2.24) is 0 Å². The molecule has 6 heteroatoms. The lowest BCUT2D eigenvalue weighted by molar-refractivity contribution is -0.118. The van der Waals surface area contributed by atoms with E-state index >= 15 is 0 Å². The molecule has 3 aromatic rings. The van der Waals surface area contributed by atoms with Gasteiger partial charge in [-0.1, -0.05) is 42.5 Å². The van der Waals surface area contributed by atoms with Crippen LogP contribution in [0.15, 0.2) is 66.7 Å². The average Bonchev–Trinajstić information content (AvgIpc) is 2.81. The Morgan fingerprint density at radius 3 is 1.68 bits per heavy atom. The fraction of sp³-hybridized carbons (Fsp3) is 0.214. The zero-order chi connectivity index (χ0) is 24.7. The molecular formula is C28H26O6. The maximum atomic E-state index is 12.7. The molecule has 0 aliphatic heterocycles. The number of aryl methyl sites for hydroxylation is 1. The first kappa shape index (κ1) is 24.6. The van der Waals surface area contributed by atoms with Gasteiger partial charge in [0.25, 0.3) is 0 Å². The van der Waals surface area contributed by atoms with E-state index in [2.05, 4.69) is 4.74 Å². The number of carbonyl (C=O) groups excluding carboxylic acids is 3. The predicted molar refractivity (Wildman–Crippen MR) is 127 cm³/mol. The van der Waals surface area contributed by atoms with Crippen LogP contribution >= 0.6 is 0 Å². The number of carbonyl (C=O) groups is 4. The summed E-state index contributed by atoms with van der Waals surface area (Å²) >= 11 is 0. The van der Waals surface area contributed by atoms with Gasteiger partial charge >= 0.3 is 11.9 Å². The Hall–Kier alpha value is -4.06. The van der Waals surface area contributed by atoms with E-state index in [4.69, 9.17) is 5.11 Å². The Bertz CT molecular complexity index is 1210. The smallest absolute Gasteiger partial charge is 0.337 e. The highest BCUT2D eigenvalue weighted by Crippen LogP contribution is 2.16. The van der Waals surface area contributed by atoms with Crippen LogP contribution in [0.5, 0.6) is 0 Å². The number of benzene rings is 3. The quantitative estimate of drug-likeness (QED) is 0.458. The van der Waals surface area contributed by atoms with E-state index in [9.17, 15) is 19.2 Å². The monoisotopic (exact) mass is 458 g/mol. The SMILES string of the molecule is COC(=O)c1ccc(CC(=O)Cc2cc(CC(=O)Cc3ccc(C(=O)O)cc3)ccc2C)cc1. The Kier molecular flexibility index (Phi) is 8.09. The summed E-state index contributed by atoms with van der Waals surface area (Å²) < 4.78 is 4.68. The number of carboxylic acids is 1. The first-order valence-corrected chi connectivity index (χ1v) is 10.9. The van der Waals surface area contributed by atoms with Gasteiger partial charge in [-0.2, -0.15) is 0 Å². The van der Waals surface area contributed by atoms with Crippen LogP contribution in [0, 0.1) is 6.92 Å². The third kappa shape index (κ3) is 6.72. The summed E-state index contributed by atoms with van der Waals surface area (Å²) in [5.74, 6) is -1.37. The van der Waals surface area contributed by atoms with Crippen LogP contribution in [-0.4, -0.2) is 35.7 Å². The molecule has 0 amide bonds. The Morgan fingerprint density at radius 2 is 1.15 bits per heavy atom. The predicted octanol–water partition coefficient (Wildman–Crippen LogP) is 4.19. The zero-order valence-corrected chi connectivity index (χ0v) is 19.2. The first-order chi connectivity index (χ1) is 16.2. The van der Waals surface area contributed by atoms with E-state index in [1.807, 2.05) is 25.1 Å². The van der Waals surface area contributed by atoms with Gasteiger partial charge in [0.1, 0.15) is 11.6 Å². The van der Waals surface area contributed by atoms with E-state index in [1.54, 1.807) is 36.4 Å². The van der Waals surface area contributed by atoms with Crippen molar-refractivity contribution in [3.8, 4) is 0 Å². The largest absolute Gasteiger partial charge is 0.478 e. The van der Waals surface area contributed by atoms with Gasteiger partial charge in [0.15, 0.2) is 0 Å². The van der Waals surface area contributed by atoms with Gasteiger partial charge in [-0.3, -0.25) is 9.59 Å². The molecule has 0 radical (unpaired) electrons. The summed E-state index contributed by atoms with van der Waals surface area (Å²) in [7, 11) is 1.32. The zero-order valence-electron chi connectivity index (χ0n) is 19.2. The van der Waals surface area contributed by atoms with Gasteiger partial charge in [0.2, 0.25) is 0 Å². The van der Waals surface area contributed by atoms with Crippen LogP contribution in [0.1, 0.15) is 48.5 Å². The van der Waals surface area contributed by atoms with Crippen molar-refractivity contribution in [1.29, 1.82) is 0 Å². The second-order valence-electron chi connectivity index (χ2n) is 8.24. The third-order valence-electron chi connectivity index (χ3n) is 5.58. The van der Waals surface area contributed by atoms with Gasteiger partial charge in [0, 0.05) is 25.7 Å². The number of methoxy groups -OCH3 is 1. The summed E-state index contributed by atoms with van der Waals surface area (Å²) in [5.41, 5.74) is 4.89. The highest BCUT2D eigenvalue weighted by molar-refractivity contribution is 5.90. The molecule has 0 saturated heterocycles. The molecule has 0 atom stereocenters. The van der Waals surface area contributed by atoms with Crippen LogP contribution in [-0.2, 0) is 40.0 Å². The van der Waals surface area contributed by atoms with E-state index in [0.29, 0.717) is 5.56 Å². The molecule has 0 aliphatic rings. The van der Waals surface area contributed by atoms with Crippen molar-refractivity contribution >= 4 is 23.5 Å². The molecule has 0 spiro atoms. The number of ether oxygens (including phenoxy) is 1. The van der Waals surface area contributed by atoms with Crippen molar-refractivity contribution in [3.05, 3.63) is 106 Å². The molecule has 0 aliphatic carbocycles. The highest BCUT2D eigenvalue weighted by atomic mass is 16.5. The summed E-state index contributed by atoms with van der Waals surface area (Å²) in [6.45, 7) is 1.93. The standard InChI is InChI=1S/C28H26O6/c1-18-3-4-21(16-25(29)14-19-5-9-22(10-6-19)27(31)32)13-24(18)17-26(30)15-20-7-11-23(12-8-20)28(33)34-2/h3-13H,14-17H2,1-2H3,(H,31,32). The number of rotatable bonds is 10. The van der Waals surface area contributed by atoms with Crippen molar-refractivity contribution in [2.75, 3.05) is 7.11 Å². The molecule has 0 saturated carbocycles. The lowest BCUT2D eigenvalue weighted by atomic mass is 9.95. The number of esters is 1. The second kappa shape index (κ2) is 11.2. The summed E-state index contributed by atoms with van der Waals surface area (Å²) in [6.07, 6.45) is 0.945. The molecule has 0 bridgehead atoms. The molecule has 6 nitrogen and oxygen atoms in total. The normalized spacial score (nSPS) is 10.5. The first-order valence-electron chi connectivity index (χ1n) is 10.9. The maximum absolute atomic E-state index is 12.7. The molecule has 0 fully saturated rings. The number of hydrogen-bond donors (Lipinski definition) is 1. The fourth-order valence-electron chi connectivity index (χ4n) is 3.69. The van der Waals surface area contributed by atoms with Crippen molar-refractivity contribution in [3.63, 3.8) is 0 Å². The number of hydrogen-bond acceptors (Lipinski definition) is 5. The summed E-state index contributed by atoms with van der Waals surface area (Å²) in [6, 6.07) is 18.8. The van der Waals surface area contributed by atoms with Crippen LogP contribution in [0.25, 0.3) is 0 Å². The van der Waals surface area contributed by atoms with Crippen LogP contribution in [0.2, 0.25) is 0 Å². The Labute approximate surface area is 198 Å². The highest BCUT2D eigenvalue weighted by Gasteiger charge is 2.12. The van der Waals surface area contributed by atoms with E-state index in [-0.39, 0.29) is 42.8 Å². The molecule has 1 N–H and O–H groups in total. The Morgan fingerprint density at radius 1 is 0.676 bits per heavy atom. The molecule has 3 rings (SSSR count). The number of aromatic carboxylic acids is 1. The van der Waals surface area contributed by atoms with E-state index in [0.717, 1.165) is 27.8 Å². The third-order valence-corrected chi connectivity index (χ3v) is 5.58. The van der Waals surface area contributed by atoms with Crippen molar-refractivity contribution in [2.45, 2.75) is 32.6 Å². The minimum absolute atomic E-state index is 0.00917. The van der Waals surface area contributed by atoms with Gasteiger partial charge in [-0.15, -0.1) is 0 Å². The molecule has 0 unspecified atom stereocenters. The molecular weight excluding hydrogens is 432 g/mol. The molecule has 174 valence electrons. The number of carboxylic acid groups (broad SMARTS) is 1. The van der Waals surface area contributed by atoms with Gasteiger partial charge in [-0.05, 0) is 59.0 Å². The van der Waals surface area contributed by atoms with E-state index < -0.39 is 11.9 Å². The minimum atomic E-state index is -1.00. The molecule has 0 aromatic heterocycles. The van der Waals surface area contributed by atoms with Gasteiger partial charge in [0.05, 0.1) is 18.2 Å². The maximum Gasteiger partial charge on any atom is 0.337 e.